The molecule has 0 unspecified atom stereocenters. The second kappa shape index (κ2) is 27.9. The lowest BCUT2D eigenvalue weighted by Crippen LogP contribution is -2.03. The Labute approximate surface area is 269 Å². The van der Waals surface area contributed by atoms with Crippen molar-refractivity contribution in [1.82, 2.24) is 9.55 Å². The van der Waals surface area contributed by atoms with Crippen molar-refractivity contribution in [2.45, 2.75) is 207 Å². The molecule has 0 N–H and O–H groups in total. The van der Waals surface area contributed by atoms with E-state index >= 15 is 0 Å². The molecule has 0 atom stereocenters. The Morgan fingerprint density at radius 1 is 0.442 bits per heavy atom. The van der Waals surface area contributed by atoms with Crippen LogP contribution >= 0.6 is 0 Å². The van der Waals surface area contributed by atoms with Gasteiger partial charge in [-0.15, -0.1) is 0 Å². The van der Waals surface area contributed by atoms with Crippen molar-refractivity contribution < 1.29 is 0 Å². The molecule has 0 amide bonds. The van der Waals surface area contributed by atoms with Gasteiger partial charge >= 0.3 is 0 Å². The lowest BCUT2D eigenvalue weighted by molar-refractivity contribution is 0.514. The van der Waals surface area contributed by atoms with Crippen LogP contribution in [0.2, 0.25) is 0 Å². The number of hydrogen-bond acceptors (Lipinski definition) is 1. The van der Waals surface area contributed by atoms with Gasteiger partial charge in [0.1, 0.15) is 5.82 Å². The number of imidazole rings is 1. The summed E-state index contributed by atoms with van der Waals surface area (Å²) in [6.07, 6.45) is 42.5. The quantitative estimate of drug-likeness (QED) is 0.0796. The highest BCUT2D eigenvalue weighted by Crippen LogP contribution is 2.17. The first-order valence-electron chi connectivity index (χ1n) is 19.4. The highest BCUT2D eigenvalue weighted by molar-refractivity contribution is 5.15. The zero-order valence-corrected chi connectivity index (χ0v) is 29.1. The molecule has 246 valence electrons. The first-order chi connectivity index (χ1) is 21.3. The van der Waals surface area contributed by atoms with Crippen molar-refractivity contribution in [3.63, 3.8) is 0 Å². The molecule has 0 fully saturated rings. The minimum absolute atomic E-state index is 1.10. The smallest absolute Gasteiger partial charge is 0.108 e. The largest absolute Gasteiger partial charge is 0.335 e. The molecule has 0 aliphatic heterocycles. The monoisotopic (exact) mass is 593 g/mol. The molecule has 0 saturated carbocycles. The molecular formula is C41H72N2. The molecule has 0 aliphatic rings. The highest BCUT2D eigenvalue weighted by Gasteiger charge is 2.09. The summed E-state index contributed by atoms with van der Waals surface area (Å²) < 4.78 is 2.53. The number of rotatable bonds is 31. The van der Waals surface area contributed by atoms with Crippen LogP contribution < -0.4 is 0 Å². The van der Waals surface area contributed by atoms with Crippen LogP contribution in [0.4, 0.5) is 0 Å². The lowest BCUT2D eigenvalue weighted by atomic mass is 10.0. The van der Waals surface area contributed by atoms with Crippen molar-refractivity contribution in [3.8, 4) is 0 Å². The van der Waals surface area contributed by atoms with Gasteiger partial charge in [-0.2, -0.15) is 0 Å². The molecule has 1 heterocycles. The molecular weight excluding hydrogens is 520 g/mol. The standard InChI is InChI=1S/C41H72N2/c1-3-5-7-9-11-13-14-15-16-17-18-19-21-23-25-30-37-43-38-40(35-31-34-39-32-27-26-28-33-39)42-41(43)36-29-24-22-20-12-10-8-6-4-2/h26-28,32-33,38H,3-25,29-31,34-37H2,1-2H3. The summed E-state index contributed by atoms with van der Waals surface area (Å²) in [5, 5.41) is 0. The number of hydrogen-bond donors (Lipinski definition) is 0. The summed E-state index contributed by atoms with van der Waals surface area (Å²) in [5.74, 6) is 1.36. The SMILES string of the molecule is CCCCCCCCCCCCCCCCCCn1cc(CCCc2ccccc2)nc1CCCCCCCCCCC. The van der Waals surface area contributed by atoms with Gasteiger partial charge in [0.15, 0.2) is 0 Å². The van der Waals surface area contributed by atoms with E-state index in [-0.39, 0.29) is 0 Å². The molecule has 0 spiro atoms. The minimum Gasteiger partial charge on any atom is -0.335 e. The molecule has 1 aromatic carbocycles. The Balaban J connectivity index is 1.58. The molecule has 0 bridgehead atoms. The fourth-order valence-electron chi connectivity index (χ4n) is 6.57. The van der Waals surface area contributed by atoms with E-state index in [4.69, 9.17) is 4.98 Å². The third kappa shape index (κ3) is 20.9. The van der Waals surface area contributed by atoms with E-state index in [0.29, 0.717) is 0 Å². The van der Waals surface area contributed by atoms with Gasteiger partial charge in [0.05, 0.1) is 5.69 Å². The molecule has 0 aliphatic carbocycles. The van der Waals surface area contributed by atoms with Gasteiger partial charge in [-0.05, 0) is 37.7 Å². The van der Waals surface area contributed by atoms with Gasteiger partial charge < -0.3 is 4.57 Å². The second-order valence-electron chi connectivity index (χ2n) is 13.6. The molecule has 0 saturated heterocycles. The summed E-state index contributed by atoms with van der Waals surface area (Å²) in [4.78, 5) is 5.16. The topological polar surface area (TPSA) is 17.8 Å². The van der Waals surface area contributed by atoms with Gasteiger partial charge in [-0.25, -0.2) is 4.98 Å². The number of aromatic nitrogens is 2. The summed E-state index contributed by atoms with van der Waals surface area (Å²) in [5.41, 5.74) is 2.77. The van der Waals surface area contributed by atoms with Crippen molar-refractivity contribution in [3.05, 3.63) is 53.6 Å². The molecule has 2 rings (SSSR count). The fourth-order valence-corrected chi connectivity index (χ4v) is 6.57. The van der Waals surface area contributed by atoms with Crippen LogP contribution in [0, 0.1) is 0 Å². The average molecular weight is 593 g/mol. The third-order valence-electron chi connectivity index (χ3n) is 9.41. The summed E-state index contributed by atoms with van der Waals surface area (Å²) >= 11 is 0. The highest BCUT2D eigenvalue weighted by atomic mass is 15.1. The summed E-state index contributed by atoms with van der Waals surface area (Å²) in [6, 6.07) is 10.9. The van der Waals surface area contributed by atoms with Crippen molar-refractivity contribution >= 4 is 0 Å². The van der Waals surface area contributed by atoms with Crippen molar-refractivity contribution in [2.75, 3.05) is 0 Å². The lowest BCUT2D eigenvalue weighted by Gasteiger charge is -2.08. The van der Waals surface area contributed by atoms with E-state index in [1.165, 1.54) is 184 Å². The van der Waals surface area contributed by atoms with Crippen LogP contribution in [-0.2, 0) is 25.8 Å². The minimum atomic E-state index is 1.10. The molecule has 2 heteroatoms. The zero-order chi connectivity index (χ0) is 30.5. The summed E-state index contributed by atoms with van der Waals surface area (Å²) in [6.45, 7) is 5.77. The normalized spacial score (nSPS) is 11.5. The number of unbranched alkanes of at least 4 members (excludes halogenated alkanes) is 23. The van der Waals surface area contributed by atoms with Crippen LogP contribution in [0.15, 0.2) is 36.5 Å². The predicted molar refractivity (Wildman–Crippen MR) is 191 cm³/mol. The van der Waals surface area contributed by atoms with Gasteiger partial charge in [0, 0.05) is 19.2 Å². The first-order valence-corrected chi connectivity index (χ1v) is 19.4. The van der Waals surface area contributed by atoms with Crippen LogP contribution in [0.5, 0.6) is 0 Å². The Morgan fingerprint density at radius 2 is 0.884 bits per heavy atom. The van der Waals surface area contributed by atoms with Crippen LogP contribution in [-0.4, -0.2) is 9.55 Å². The van der Waals surface area contributed by atoms with E-state index in [1.807, 2.05) is 0 Å². The van der Waals surface area contributed by atoms with E-state index in [0.717, 1.165) is 25.8 Å². The van der Waals surface area contributed by atoms with E-state index in [9.17, 15) is 0 Å². The van der Waals surface area contributed by atoms with E-state index in [2.05, 4.69) is 54.9 Å². The van der Waals surface area contributed by atoms with Crippen LogP contribution in [0.1, 0.15) is 198 Å². The van der Waals surface area contributed by atoms with Crippen molar-refractivity contribution in [1.29, 1.82) is 0 Å². The Bertz CT molecular complexity index is 839. The number of aryl methyl sites for hydroxylation is 4. The number of nitrogens with zero attached hydrogens (tertiary/aromatic N) is 2. The maximum Gasteiger partial charge on any atom is 0.108 e. The molecule has 2 nitrogen and oxygen atoms in total. The van der Waals surface area contributed by atoms with E-state index in [1.54, 1.807) is 0 Å². The molecule has 2 aromatic rings. The second-order valence-corrected chi connectivity index (χ2v) is 13.6. The average Bonchev–Trinajstić information content (AvgIpc) is 3.41. The van der Waals surface area contributed by atoms with Gasteiger partial charge in [-0.1, -0.05) is 192 Å². The number of benzene rings is 1. The molecule has 1 aromatic heterocycles. The van der Waals surface area contributed by atoms with Gasteiger partial charge in [-0.3, -0.25) is 0 Å². The Morgan fingerprint density at radius 3 is 1.37 bits per heavy atom. The van der Waals surface area contributed by atoms with Crippen LogP contribution in [0.3, 0.4) is 0 Å². The van der Waals surface area contributed by atoms with E-state index < -0.39 is 0 Å². The molecule has 0 radical (unpaired) electrons. The predicted octanol–water partition coefficient (Wildman–Crippen LogP) is 13.4. The van der Waals surface area contributed by atoms with Gasteiger partial charge in [0.2, 0.25) is 0 Å². The summed E-state index contributed by atoms with van der Waals surface area (Å²) in [7, 11) is 0. The zero-order valence-electron chi connectivity index (χ0n) is 29.1. The maximum absolute atomic E-state index is 5.16. The maximum atomic E-state index is 5.16. The Hall–Kier alpha value is -1.57. The Kier molecular flexibility index (Phi) is 24.4. The van der Waals surface area contributed by atoms with Crippen LogP contribution in [0.25, 0.3) is 0 Å². The van der Waals surface area contributed by atoms with Gasteiger partial charge in [0.25, 0.3) is 0 Å². The van der Waals surface area contributed by atoms with Crippen molar-refractivity contribution in [2.24, 2.45) is 0 Å². The molecule has 43 heavy (non-hydrogen) atoms. The fraction of sp³-hybridized carbons (Fsp3) is 0.780. The first kappa shape index (κ1) is 37.6. The third-order valence-corrected chi connectivity index (χ3v) is 9.41.